The summed E-state index contributed by atoms with van der Waals surface area (Å²) in [6.07, 6.45) is 3.08. The van der Waals surface area contributed by atoms with Crippen LogP contribution in [-0.2, 0) is 22.4 Å². The molecule has 2 aromatic rings. The number of ether oxygens (including phenoxy) is 2. The molecule has 1 aromatic carbocycles. The lowest BCUT2D eigenvalue weighted by atomic mass is 9.90. The van der Waals surface area contributed by atoms with E-state index in [9.17, 15) is 9.59 Å². The van der Waals surface area contributed by atoms with Crippen LogP contribution >= 0.6 is 0 Å². The first-order valence-corrected chi connectivity index (χ1v) is 8.44. The van der Waals surface area contributed by atoms with Gasteiger partial charge in [0.2, 0.25) is 0 Å². The Labute approximate surface area is 140 Å². The van der Waals surface area contributed by atoms with Crippen molar-refractivity contribution in [2.45, 2.75) is 52.6 Å². The summed E-state index contributed by atoms with van der Waals surface area (Å²) in [6.45, 7) is 5.55. The van der Waals surface area contributed by atoms with Gasteiger partial charge in [0, 0.05) is 16.5 Å². The Balaban J connectivity index is 2.02. The predicted molar refractivity (Wildman–Crippen MR) is 90.6 cm³/mol. The molecule has 1 heterocycles. The Bertz CT molecular complexity index is 834. The molecule has 128 valence electrons. The van der Waals surface area contributed by atoms with Gasteiger partial charge in [-0.25, -0.2) is 9.59 Å². The molecule has 0 bridgehead atoms. The molecule has 1 unspecified atom stereocenters. The largest absolute Gasteiger partial charge is 0.479 e. The second-order valence-electron chi connectivity index (χ2n) is 6.13. The Morgan fingerprint density at radius 1 is 1.25 bits per heavy atom. The van der Waals surface area contributed by atoms with Crippen LogP contribution in [0.1, 0.15) is 43.4 Å². The quantitative estimate of drug-likeness (QED) is 0.635. The summed E-state index contributed by atoms with van der Waals surface area (Å²) < 4.78 is 16.2. The zero-order chi connectivity index (χ0) is 17.3. The number of carbonyl (C=O) groups excluding carboxylic acids is 1. The highest BCUT2D eigenvalue weighted by molar-refractivity contribution is 5.86. The average molecular weight is 330 g/mol. The van der Waals surface area contributed by atoms with E-state index in [1.54, 1.807) is 13.8 Å². The van der Waals surface area contributed by atoms with Crippen LogP contribution in [0.3, 0.4) is 0 Å². The first-order chi connectivity index (χ1) is 11.5. The van der Waals surface area contributed by atoms with Crippen LogP contribution < -0.4 is 10.4 Å². The summed E-state index contributed by atoms with van der Waals surface area (Å²) in [5.41, 5.74) is 2.93. The van der Waals surface area contributed by atoms with Crippen LogP contribution in [-0.4, -0.2) is 18.7 Å². The highest BCUT2D eigenvalue weighted by Crippen LogP contribution is 2.32. The maximum atomic E-state index is 12.3. The third-order valence-corrected chi connectivity index (χ3v) is 4.51. The number of rotatable bonds is 4. The SMILES string of the molecule is CCOC(=O)C(C)Oc1ccc2c3c(c(=O)oc2c1C)CCCC3. The molecule has 0 radical (unpaired) electrons. The highest BCUT2D eigenvalue weighted by atomic mass is 16.6. The maximum Gasteiger partial charge on any atom is 0.347 e. The molecule has 5 heteroatoms. The summed E-state index contributed by atoms with van der Waals surface area (Å²) in [4.78, 5) is 24.0. The van der Waals surface area contributed by atoms with Crippen molar-refractivity contribution in [1.29, 1.82) is 0 Å². The molecule has 24 heavy (non-hydrogen) atoms. The van der Waals surface area contributed by atoms with Crippen molar-refractivity contribution in [1.82, 2.24) is 0 Å². The number of esters is 1. The molecule has 0 fully saturated rings. The van der Waals surface area contributed by atoms with Gasteiger partial charge in [0.05, 0.1) is 6.61 Å². The summed E-state index contributed by atoms with van der Waals surface area (Å²) in [5.74, 6) is 0.117. The van der Waals surface area contributed by atoms with E-state index in [0.29, 0.717) is 17.9 Å². The Morgan fingerprint density at radius 3 is 2.67 bits per heavy atom. The van der Waals surface area contributed by atoms with E-state index in [2.05, 4.69) is 0 Å². The monoisotopic (exact) mass is 330 g/mol. The number of hydrogen-bond acceptors (Lipinski definition) is 5. The third kappa shape index (κ3) is 2.90. The minimum Gasteiger partial charge on any atom is -0.479 e. The molecule has 1 aromatic heterocycles. The molecule has 0 N–H and O–H groups in total. The second-order valence-corrected chi connectivity index (χ2v) is 6.13. The van der Waals surface area contributed by atoms with E-state index in [0.717, 1.165) is 47.8 Å². The molecular weight excluding hydrogens is 308 g/mol. The molecule has 1 aliphatic carbocycles. The molecule has 0 amide bonds. The summed E-state index contributed by atoms with van der Waals surface area (Å²) in [6, 6.07) is 3.75. The first kappa shape index (κ1) is 16.6. The number of hydrogen-bond donors (Lipinski definition) is 0. The van der Waals surface area contributed by atoms with Gasteiger partial charge in [0.15, 0.2) is 6.10 Å². The molecular formula is C19H22O5. The zero-order valence-electron chi connectivity index (χ0n) is 14.3. The molecule has 0 saturated carbocycles. The third-order valence-electron chi connectivity index (χ3n) is 4.51. The van der Waals surface area contributed by atoms with E-state index in [-0.39, 0.29) is 5.63 Å². The number of carbonyl (C=O) groups is 1. The van der Waals surface area contributed by atoms with Crippen molar-refractivity contribution in [2.75, 3.05) is 6.61 Å². The van der Waals surface area contributed by atoms with Gasteiger partial charge in [-0.3, -0.25) is 0 Å². The summed E-state index contributed by atoms with van der Waals surface area (Å²) >= 11 is 0. The molecule has 1 aliphatic rings. The van der Waals surface area contributed by atoms with Gasteiger partial charge in [0.25, 0.3) is 0 Å². The Hall–Kier alpha value is -2.30. The van der Waals surface area contributed by atoms with Crippen LogP contribution in [0.25, 0.3) is 11.0 Å². The molecule has 0 spiro atoms. The average Bonchev–Trinajstić information content (AvgIpc) is 2.58. The van der Waals surface area contributed by atoms with Gasteiger partial charge < -0.3 is 13.9 Å². The van der Waals surface area contributed by atoms with E-state index in [4.69, 9.17) is 13.9 Å². The fourth-order valence-corrected chi connectivity index (χ4v) is 3.25. The van der Waals surface area contributed by atoms with E-state index in [1.165, 1.54) is 0 Å². The van der Waals surface area contributed by atoms with E-state index in [1.807, 2.05) is 19.1 Å². The van der Waals surface area contributed by atoms with Crippen molar-refractivity contribution in [3.05, 3.63) is 39.2 Å². The van der Waals surface area contributed by atoms with Crippen LogP contribution in [0.2, 0.25) is 0 Å². The van der Waals surface area contributed by atoms with Gasteiger partial charge in [-0.05, 0) is 64.2 Å². The molecule has 0 aliphatic heterocycles. The molecule has 5 nitrogen and oxygen atoms in total. The predicted octanol–water partition coefficient (Wildman–Crippen LogP) is 3.31. The smallest absolute Gasteiger partial charge is 0.347 e. The van der Waals surface area contributed by atoms with Crippen LogP contribution in [0.5, 0.6) is 5.75 Å². The van der Waals surface area contributed by atoms with Crippen LogP contribution in [0.4, 0.5) is 0 Å². The lowest BCUT2D eigenvalue weighted by molar-refractivity contribution is -0.150. The summed E-state index contributed by atoms with van der Waals surface area (Å²) in [7, 11) is 0. The standard InChI is InChI=1S/C19H22O5/c1-4-22-18(20)12(3)23-16-10-9-14-13-7-5-6-8-15(13)19(21)24-17(14)11(16)2/h9-10,12H,4-8H2,1-3H3. The van der Waals surface area contributed by atoms with Crippen molar-refractivity contribution >= 4 is 16.9 Å². The van der Waals surface area contributed by atoms with E-state index >= 15 is 0 Å². The Morgan fingerprint density at radius 2 is 1.96 bits per heavy atom. The van der Waals surface area contributed by atoms with Crippen molar-refractivity contribution < 1.29 is 18.7 Å². The normalized spacial score (nSPS) is 15.0. The molecule has 3 rings (SSSR count). The zero-order valence-corrected chi connectivity index (χ0v) is 14.3. The van der Waals surface area contributed by atoms with Gasteiger partial charge in [0.1, 0.15) is 11.3 Å². The van der Waals surface area contributed by atoms with E-state index < -0.39 is 12.1 Å². The number of aryl methyl sites for hydroxylation is 2. The van der Waals surface area contributed by atoms with Crippen molar-refractivity contribution in [2.24, 2.45) is 0 Å². The fraction of sp³-hybridized carbons (Fsp3) is 0.474. The minimum atomic E-state index is -0.717. The van der Waals surface area contributed by atoms with Gasteiger partial charge >= 0.3 is 11.6 Å². The van der Waals surface area contributed by atoms with Gasteiger partial charge in [-0.1, -0.05) is 0 Å². The number of fused-ring (bicyclic) bond motifs is 3. The fourth-order valence-electron chi connectivity index (χ4n) is 3.25. The van der Waals surface area contributed by atoms with Crippen molar-refractivity contribution in [3.8, 4) is 5.75 Å². The van der Waals surface area contributed by atoms with Crippen LogP contribution in [0.15, 0.2) is 21.3 Å². The van der Waals surface area contributed by atoms with Crippen molar-refractivity contribution in [3.63, 3.8) is 0 Å². The molecule has 1 atom stereocenters. The molecule has 0 saturated heterocycles. The minimum absolute atomic E-state index is 0.254. The topological polar surface area (TPSA) is 65.7 Å². The summed E-state index contributed by atoms with van der Waals surface area (Å²) in [5, 5.41) is 0.970. The number of benzene rings is 1. The first-order valence-electron chi connectivity index (χ1n) is 8.44. The maximum absolute atomic E-state index is 12.3. The lowest BCUT2D eigenvalue weighted by Gasteiger charge is -2.19. The van der Waals surface area contributed by atoms with Gasteiger partial charge in [-0.2, -0.15) is 0 Å². The van der Waals surface area contributed by atoms with Gasteiger partial charge in [-0.15, -0.1) is 0 Å². The second kappa shape index (κ2) is 6.67. The lowest BCUT2D eigenvalue weighted by Crippen LogP contribution is -2.26. The Kier molecular flexibility index (Phi) is 4.60. The van der Waals surface area contributed by atoms with Crippen LogP contribution in [0, 0.1) is 6.92 Å². The highest BCUT2D eigenvalue weighted by Gasteiger charge is 2.22.